The van der Waals surface area contributed by atoms with Gasteiger partial charge >= 0.3 is 0 Å². The van der Waals surface area contributed by atoms with E-state index in [2.05, 4.69) is 10.3 Å². The molecule has 3 heterocycles. The Labute approximate surface area is 155 Å². The topological polar surface area (TPSA) is 81.9 Å². The largest absolute Gasteiger partial charge is 0.486 e. The van der Waals surface area contributed by atoms with Crippen LogP contribution in [0, 0.1) is 6.92 Å². The summed E-state index contributed by atoms with van der Waals surface area (Å²) < 4.78 is 12.8. The maximum absolute atomic E-state index is 12.4. The maximum atomic E-state index is 12.4. The number of benzene rings is 1. The Hall–Kier alpha value is -3.35. The predicted molar refractivity (Wildman–Crippen MR) is 99.6 cm³/mol. The molecule has 2 aromatic heterocycles. The molecule has 1 N–H and O–H groups in total. The standard InChI is InChI=1S/C20H19N3O4/c1-13-11-23-12-15(3-6-19(23)21-13)22-20(25)7-4-16(24)14-2-5-17-18(10-14)27-9-8-26-17/h2-3,5-6,10-12H,4,7-9H2,1H3,(H,22,25). The lowest BCUT2D eigenvalue weighted by Gasteiger charge is -2.18. The number of fused-ring (bicyclic) bond motifs is 2. The number of aromatic nitrogens is 2. The van der Waals surface area contributed by atoms with Crippen LogP contribution in [0.5, 0.6) is 11.5 Å². The number of Topliss-reactive ketones (excluding diaryl/α,β-unsaturated/α-hetero) is 1. The highest BCUT2D eigenvalue weighted by atomic mass is 16.6. The summed E-state index contributed by atoms with van der Waals surface area (Å²) in [7, 11) is 0. The zero-order chi connectivity index (χ0) is 18.8. The number of hydrogen-bond acceptors (Lipinski definition) is 5. The number of anilines is 1. The van der Waals surface area contributed by atoms with Crippen LogP contribution in [0.1, 0.15) is 28.9 Å². The smallest absolute Gasteiger partial charge is 0.224 e. The molecule has 1 aliphatic heterocycles. The number of nitrogens with one attached hydrogen (secondary N) is 1. The van der Waals surface area contributed by atoms with Gasteiger partial charge in [-0.15, -0.1) is 0 Å². The van der Waals surface area contributed by atoms with Gasteiger partial charge < -0.3 is 19.2 Å². The van der Waals surface area contributed by atoms with Crippen LogP contribution in [-0.4, -0.2) is 34.3 Å². The summed E-state index contributed by atoms with van der Waals surface area (Å²) in [4.78, 5) is 28.9. The first-order valence-corrected chi connectivity index (χ1v) is 8.76. The van der Waals surface area contributed by atoms with Crippen molar-refractivity contribution in [2.75, 3.05) is 18.5 Å². The number of carbonyl (C=O) groups is 2. The van der Waals surface area contributed by atoms with Crippen LogP contribution in [0.25, 0.3) is 5.65 Å². The Morgan fingerprint density at radius 2 is 1.89 bits per heavy atom. The van der Waals surface area contributed by atoms with Crippen molar-refractivity contribution in [3.8, 4) is 11.5 Å². The van der Waals surface area contributed by atoms with Gasteiger partial charge in [0.05, 0.1) is 11.4 Å². The van der Waals surface area contributed by atoms with Crippen LogP contribution >= 0.6 is 0 Å². The highest BCUT2D eigenvalue weighted by Gasteiger charge is 2.16. The van der Waals surface area contributed by atoms with E-state index in [4.69, 9.17) is 9.47 Å². The minimum atomic E-state index is -0.211. The highest BCUT2D eigenvalue weighted by molar-refractivity contribution is 6.00. The van der Waals surface area contributed by atoms with E-state index in [1.807, 2.05) is 23.6 Å². The molecule has 138 valence electrons. The Kier molecular flexibility index (Phi) is 4.50. The van der Waals surface area contributed by atoms with Crippen LogP contribution in [-0.2, 0) is 4.79 Å². The van der Waals surface area contributed by atoms with Crippen molar-refractivity contribution in [1.29, 1.82) is 0 Å². The Bertz CT molecular complexity index is 1030. The molecule has 27 heavy (non-hydrogen) atoms. The van der Waals surface area contributed by atoms with Crippen LogP contribution in [0.4, 0.5) is 5.69 Å². The number of imidazole rings is 1. The molecule has 0 saturated heterocycles. The minimum absolute atomic E-state index is 0.105. The molecule has 1 amide bonds. The quantitative estimate of drug-likeness (QED) is 0.703. The van der Waals surface area contributed by atoms with Gasteiger partial charge in [-0.1, -0.05) is 0 Å². The lowest BCUT2D eigenvalue weighted by atomic mass is 10.1. The molecule has 7 nitrogen and oxygen atoms in total. The molecule has 7 heteroatoms. The predicted octanol–water partition coefficient (Wildman–Crippen LogP) is 3.02. The Morgan fingerprint density at radius 1 is 1.07 bits per heavy atom. The number of rotatable bonds is 5. The van der Waals surface area contributed by atoms with Gasteiger partial charge in [0.25, 0.3) is 0 Å². The van der Waals surface area contributed by atoms with Gasteiger partial charge in [-0.25, -0.2) is 4.98 Å². The van der Waals surface area contributed by atoms with Gasteiger partial charge in [-0.2, -0.15) is 0 Å². The first-order valence-electron chi connectivity index (χ1n) is 8.76. The van der Waals surface area contributed by atoms with E-state index >= 15 is 0 Å². The van der Waals surface area contributed by atoms with Crippen molar-refractivity contribution in [1.82, 2.24) is 9.38 Å². The maximum Gasteiger partial charge on any atom is 0.224 e. The number of amides is 1. The van der Waals surface area contributed by atoms with Crippen molar-refractivity contribution in [3.05, 3.63) is 54.0 Å². The van der Waals surface area contributed by atoms with Crippen molar-refractivity contribution in [3.63, 3.8) is 0 Å². The minimum Gasteiger partial charge on any atom is -0.486 e. The molecule has 1 aliphatic rings. The monoisotopic (exact) mass is 365 g/mol. The fraction of sp³-hybridized carbons (Fsp3) is 0.250. The van der Waals surface area contributed by atoms with E-state index in [1.54, 1.807) is 30.5 Å². The Morgan fingerprint density at radius 3 is 2.74 bits per heavy atom. The van der Waals surface area contributed by atoms with Crippen molar-refractivity contribution in [2.45, 2.75) is 19.8 Å². The molecular formula is C20H19N3O4. The highest BCUT2D eigenvalue weighted by Crippen LogP contribution is 2.31. The number of nitrogens with zero attached hydrogens (tertiary/aromatic N) is 2. The molecule has 0 bridgehead atoms. The normalized spacial score (nSPS) is 12.8. The molecule has 0 spiro atoms. The van der Waals surface area contributed by atoms with Crippen LogP contribution in [0.15, 0.2) is 42.7 Å². The zero-order valence-corrected chi connectivity index (χ0v) is 14.9. The summed E-state index contributed by atoms with van der Waals surface area (Å²) in [5.74, 6) is 0.890. The number of carbonyl (C=O) groups excluding carboxylic acids is 2. The van der Waals surface area contributed by atoms with E-state index in [1.165, 1.54) is 0 Å². The molecule has 3 aromatic rings. The molecule has 0 fully saturated rings. The zero-order valence-electron chi connectivity index (χ0n) is 14.9. The van der Waals surface area contributed by atoms with Crippen LogP contribution < -0.4 is 14.8 Å². The summed E-state index contributed by atoms with van der Waals surface area (Å²) in [6.07, 6.45) is 3.92. The third kappa shape index (κ3) is 3.76. The molecule has 0 atom stereocenters. The molecule has 0 saturated carbocycles. The molecule has 4 rings (SSSR count). The second-order valence-corrected chi connectivity index (χ2v) is 6.40. The molecular weight excluding hydrogens is 346 g/mol. The number of ketones is 1. The second kappa shape index (κ2) is 7.11. The first kappa shape index (κ1) is 17.1. The van der Waals surface area contributed by atoms with Gasteiger partial charge in [-0.05, 0) is 37.3 Å². The van der Waals surface area contributed by atoms with Crippen LogP contribution in [0.2, 0.25) is 0 Å². The second-order valence-electron chi connectivity index (χ2n) is 6.40. The molecule has 0 aliphatic carbocycles. The van der Waals surface area contributed by atoms with Crippen molar-refractivity contribution in [2.24, 2.45) is 0 Å². The average Bonchev–Trinajstić information content (AvgIpc) is 3.05. The van der Waals surface area contributed by atoms with E-state index in [0.717, 1.165) is 11.3 Å². The molecule has 1 aromatic carbocycles. The lowest BCUT2D eigenvalue weighted by molar-refractivity contribution is -0.116. The van der Waals surface area contributed by atoms with E-state index in [-0.39, 0.29) is 24.5 Å². The summed E-state index contributed by atoms with van der Waals surface area (Å²) in [6.45, 7) is 2.88. The third-order valence-corrected chi connectivity index (χ3v) is 4.30. The summed E-state index contributed by atoms with van der Waals surface area (Å²) in [6, 6.07) is 8.72. The Balaban J connectivity index is 1.36. The van der Waals surface area contributed by atoms with Gasteiger partial charge in [0.1, 0.15) is 18.9 Å². The SMILES string of the molecule is Cc1cn2cc(NC(=O)CCC(=O)c3ccc4c(c3)OCCO4)ccc2n1. The van der Waals surface area contributed by atoms with Gasteiger partial charge in [0, 0.05) is 30.8 Å². The van der Waals surface area contributed by atoms with E-state index < -0.39 is 0 Å². The fourth-order valence-corrected chi connectivity index (χ4v) is 3.00. The molecule has 0 radical (unpaired) electrons. The average molecular weight is 365 g/mol. The fourth-order valence-electron chi connectivity index (χ4n) is 3.00. The summed E-state index contributed by atoms with van der Waals surface area (Å²) in [5, 5.41) is 2.82. The molecule has 0 unspecified atom stereocenters. The van der Waals surface area contributed by atoms with E-state index in [9.17, 15) is 9.59 Å². The first-order chi connectivity index (χ1) is 13.1. The van der Waals surface area contributed by atoms with Gasteiger partial charge in [-0.3, -0.25) is 9.59 Å². The number of hydrogen-bond donors (Lipinski definition) is 1. The van der Waals surface area contributed by atoms with Crippen molar-refractivity contribution < 1.29 is 19.1 Å². The van der Waals surface area contributed by atoms with Gasteiger partial charge in [0.2, 0.25) is 5.91 Å². The summed E-state index contributed by atoms with van der Waals surface area (Å²) >= 11 is 0. The van der Waals surface area contributed by atoms with Gasteiger partial charge in [0.15, 0.2) is 17.3 Å². The number of ether oxygens (including phenoxy) is 2. The lowest BCUT2D eigenvalue weighted by Crippen LogP contribution is -2.16. The van der Waals surface area contributed by atoms with Crippen molar-refractivity contribution >= 4 is 23.0 Å². The number of aryl methyl sites for hydroxylation is 1. The third-order valence-electron chi connectivity index (χ3n) is 4.30. The van der Waals surface area contributed by atoms with Crippen LogP contribution in [0.3, 0.4) is 0 Å². The van der Waals surface area contributed by atoms with E-state index in [0.29, 0.717) is 36.0 Å². The number of pyridine rings is 1. The summed E-state index contributed by atoms with van der Waals surface area (Å²) in [5.41, 5.74) is 2.90.